The first-order chi connectivity index (χ1) is 6.24. The van der Waals surface area contributed by atoms with Gasteiger partial charge in [0, 0.05) is 18.9 Å². The Hall–Kier alpha value is -1.06. The molecule has 1 heterocycles. The maximum absolute atomic E-state index is 11.3. The second-order valence-corrected chi connectivity index (χ2v) is 3.53. The number of carbonyl (C=O) groups is 2. The minimum Gasteiger partial charge on any atom is -0.450 e. The Morgan fingerprint density at radius 3 is 3.00 bits per heavy atom. The van der Waals surface area contributed by atoms with Crippen molar-refractivity contribution in [1.29, 1.82) is 0 Å². The first kappa shape index (κ1) is 8.53. The molecule has 2 atom stereocenters. The van der Waals surface area contributed by atoms with Crippen molar-refractivity contribution < 1.29 is 14.3 Å². The van der Waals surface area contributed by atoms with E-state index in [2.05, 4.69) is 0 Å². The van der Waals surface area contributed by atoms with Crippen LogP contribution in [0.5, 0.6) is 0 Å². The van der Waals surface area contributed by atoms with E-state index in [9.17, 15) is 9.59 Å². The van der Waals surface area contributed by atoms with Crippen molar-refractivity contribution >= 4 is 11.9 Å². The van der Waals surface area contributed by atoms with Crippen LogP contribution in [0.4, 0.5) is 4.79 Å². The third kappa shape index (κ3) is 1.20. The number of fused-ring (bicyclic) bond motifs is 1. The van der Waals surface area contributed by atoms with E-state index in [4.69, 9.17) is 4.74 Å². The fraction of sp³-hybridized carbons (Fsp3) is 0.778. The van der Waals surface area contributed by atoms with Gasteiger partial charge in [-0.25, -0.2) is 4.79 Å². The number of rotatable bonds is 1. The van der Waals surface area contributed by atoms with Crippen molar-refractivity contribution in [2.45, 2.75) is 25.8 Å². The number of nitrogens with zero attached hydrogens (tertiary/aromatic N) is 1. The molecule has 2 fully saturated rings. The molecule has 1 amide bonds. The van der Waals surface area contributed by atoms with Gasteiger partial charge in [0.1, 0.15) is 5.78 Å². The maximum atomic E-state index is 11.3. The van der Waals surface area contributed by atoms with Gasteiger partial charge in [0.2, 0.25) is 0 Å². The Morgan fingerprint density at radius 2 is 2.46 bits per heavy atom. The first-order valence-electron chi connectivity index (χ1n) is 4.70. The monoisotopic (exact) mass is 183 g/mol. The summed E-state index contributed by atoms with van der Waals surface area (Å²) in [5, 5.41) is 0. The fourth-order valence-corrected chi connectivity index (χ4v) is 2.11. The Morgan fingerprint density at radius 1 is 1.69 bits per heavy atom. The highest BCUT2D eigenvalue weighted by Crippen LogP contribution is 2.37. The van der Waals surface area contributed by atoms with Gasteiger partial charge in [0.25, 0.3) is 0 Å². The van der Waals surface area contributed by atoms with E-state index >= 15 is 0 Å². The van der Waals surface area contributed by atoms with Crippen molar-refractivity contribution in [3.05, 3.63) is 0 Å². The summed E-state index contributed by atoms with van der Waals surface area (Å²) < 4.78 is 4.89. The largest absolute Gasteiger partial charge is 0.450 e. The summed E-state index contributed by atoms with van der Waals surface area (Å²) in [6.07, 6.45) is 1.09. The van der Waals surface area contributed by atoms with Crippen LogP contribution in [0.2, 0.25) is 0 Å². The molecule has 1 aliphatic heterocycles. The number of carbonyl (C=O) groups excluding carboxylic acids is 2. The number of ether oxygens (including phenoxy) is 1. The van der Waals surface area contributed by atoms with E-state index in [0.29, 0.717) is 25.4 Å². The van der Waals surface area contributed by atoms with E-state index in [0.717, 1.165) is 6.42 Å². The highest BCUT2D eigenvalue weighted by Gasteiger charge is 2.49. The number of likely N-dealkylation sites (tertiary alicyclic amines) is 1. The van der Waals surface area contributed by atoms with E-state index in [1.54, 1.807) is 11.8 Å². The topological polar surface area (TPSA) is 46.6 Å². The molecular formula is C9H13NO3. The zero-order valence-corrected chi connectivity index (χ0v) is 7.66. The van der Waals surface area contributed by atoms with Crippen molar-refractivity contribution in [2.75, 3.05) is 13.2 Å². The van der Waals surface area contributed by atoms with Crippen molar-refractivity contribution in [2.24, 2.45) is 5.92 Å². The summed E-state index contributed by atoms with van der Waals surface area (Å²) in [4.78, 5) is 24.1. The van der Waals surface area contributed by atoms with Crippen molar-refractivity contribution in [1.82, 2.24) is 4.90 Å². The lowest BCUT2D eigenvalue weighted by Crippen LogP contribution is -2.48. The summed E-state index contributed by atoms with van der Waals surface area (Å²) in [6, 6.07) is 0.145. The molecule has 1 aliphatic carbocycles. The van der Waals surface area contributed by atoms with Gasteiger partial charge < -0.3 is 9.64 Å². The van der Waals surface area contributed by atoms with E-state index in [-0.39, 0.29) is 18.1 Å². The Labute approximate surface area is 76.8 Å². The van der Waals surface area contributed by atoms with Crippen LogP contribution in [0.25, 0.3) is 0 Å². The number of hydrogen-bond donors (Lipinski definition) is 0. The first-order valence-corrected chi connectivity index (χ1v) is 4.70. The molecular weight excluding hydrogens is 170 g/mol. The van der Waals surface area contributed by atoms with Crippen LogP contribution >= 0.6 is 0 Å². The molecule has 2 aliphatic rings. The molecule has 0 N–H and O–H groups in total. The van der Waals surface area contributed by atoms with Crippen LogP contribution in [0.15, 0.2) is 0 Å². The second-order valence-electron chi connectivity index (χ2n) is 3.53. The number of Topliss-reactive ketones (excluding diaryl/α,β-unsaturated/α-hetero) is 1. The molecule has 72 valence electrons. The van der Waals surface area contributed by atoms with Gasteiger partial charge in [0.15, 0.2) is 0 Å². The third-order valence-electron chi connectivity index (χ3n) is 2.87. The molecule has 0 aromatic carbocycles. The normalized spacial score (nSPS) is 31.2. The summed E-state index contributed by atoms with van der Waals surface area (Å²) in [5.41, 5.74) is 0. The highest BCUT2D eigenvalue weighted by molar-refractivity contribution is 5.90. The van der Waals surface area contributed by atoms with Crippen LogP contribution in [-0.2, 0) is 9.53 Å². The van der Waals surface area contributed by atoms with Crippen LogP contribution in [0, 0.1) is 5.92 Å². The molecule has 4 nitrogen and oxygen atoms in total. The molecule has 2 unspecified atom stereocenters. The van der Waals surface area contributed by atoms with Crippen molar-refractivity contribution in [3.8, 4) is 0 Å². The molecule has 13 heavy (non-hydrogen) atoms. The summed E-state index contributed by atoms with van der Waals surface area (Å²) in [7, 11) is 0. The maximum Gasteiger partial charge on any atom is 0.410 e. The molecule has 4 heteroatoms. The minimum atomic E-state index is -0.262. The average Bonchev–Trinajstić information content (AvgIpc) is 2.42. The van der Waals surface area contributed by atoms with Gasteiger partial charge in [0.05, 0.1) is 12.6 Å². The Balaban J connectivity index is 1.96. The van der Waals surface area contributed by atoms with Gasteiger partial charge in [-0.05, 0) is 13.3 Å². The standard InChI is InChI=1S/C9H13NO3/c1-2-13-9(12)10-4-3-6-7(10)5-8(6)11/h6-7H,2-5H2,1H3. The van der Waals surface area contributed by atoms with Crippen LogP contribution in [0.3, 0.4) is 0 Å². The lowest BCUT2D eigenvalue weighted by Gasteiger charge is -2.33. The smallest absolute Gasteiger partial charge is 0.410 e. The Bertz CT molecular complexity index is 251. The summed E-state index contributed by atoms with van der Waals surface area (Å²) in [5.74, 6) is 0.418. The molecule has 1 saturated heterocycles. The molecule has 0 aromatic heterocycles. The average molecular weight is 183 g/mol. The molecule has 0 spiro atoms. The highest BCUT2D eigenvalue weighted by atomic mass is 16.6. The fourth-order valence-electron chi connectivity index (χ4n) is 2.11. The lowest BCUT2D eigenvalue weighted by molar-refractivity contribution is -0.131. The van der Waals surface area contributed by atoms with Gasteiger partial charge in [-0.2, -0.15) is 0 Å². The van der Waals surface area contributed by atoms with E-state index in [1.165, 1.54) is 0 Å². The predicted molar refractivity (Wildman–Crippen MR) is 45.2 cm³/mol. The zero-order valence-electron chi connectivity index (χ0n) is 7.66. The summed E-state index contributed by atoms with van der Waals surface area (Å²) >= 11 is 0. The molecule has 2 rings (SSSR count). The zero-order chi connectivity index (χ0) is 9.42. The van der Waals surface area contributed by atoms with E-state index < -0.39 is 0 Å². The SMILES string of the molecule is CCOC(=O)N1CCC2C(=O)CC21. The molecule has 0 bridgehead atoms. The van der Waals surface area contributed by atoms with Crippen LogP contribution in [0.1, 0.15) is 19.8 Å². The molecule has 0 aromatic rings. The molecule has 1 saturated carbocycles. The number of hydrogen-bond acceptors (Lipinski definition) is 3. The number of amides is 1. The third-order valence-corrected chi connectivity index (χ3v) is 2.87. The van der Waals surface area contributed by atoms with Gasteiger partial charge in [-0.3, -0.25) is 4.79 Å². The second kappa shape index (κ2) is 3.01. The van der Waals surface area contributed by atoms with E-state index in [1.807, 2.05) is 0 Å². The van der Waals surface area contributed by atoms with Gasteiger partial charge in [-0.1, -0.05) is 0 Å². The van der Waals surface area contributed by atoms with Crippen LogP contribution < -0.4 is 0 Å². The Kier molecular flexibility index (Phi) is 1.98. The lowest BCUT2D eigenvalue weighted by atomic mass is 9.79. The predicted octanol–water partition coefficient (Wildman–Crippen LogP) is 0.806. The van der Waals surface area contributed by atoms with Gasteiger partial charge in [-0.15, -0.1) is 0 Å². The quantitative estimate of drug-likeness (QED) is 0.604. The minimum absolute atomic E-state index is 0.115. The van der Waals surface area contributed by atoms with Crippen molar-refractivity contribution in [3.63, 3.8) is 0 Å². The van der Waals surface area contributed by atoms with Gasteiger partial charge >= 0.3 is 6.09 Å². The number of ketones is 1. The van der Waals surface area contributed by atoms with Crippen LogP contribution in [-0.4, -0.2) is 36.0 Å². The summed E-state index contributed by atoms with van der Waals surface area (Å²) in [6.45, 7) is 2.87. The molecule has 0 radical (unpaired) electrons.